The van der Waals surface area contributed by atoms with Gasteiger partial charge < -0.3 is 5.73 Å². The van der Waals surface area contributed by atoms with Crippen LogP contribution in [0.1, 0.15) is 49.2 Å². The number of nitrogens with zero attached hydrogens (tertiary/aromatic N) is 1. The number of allylic oxidation sites excluding steroid dienone is 1. The topological polar surface area (TPSA) is 59.1 Å². The minimum Gasteiger partial charge on any atom is -0.319 e. The van der Waals surface area contributed by atoms with Gasteiger partial charge in [-0.25, -0.2) is 4.98 Å². The van der Waals surface area contributed by atoms with Gasteiger partial charge in [-0.05, 0) is 40.8 Å². The second-order valence-electron chi connectivity index (χ2n) is 6.57. The van der Waals surface area contributed by atoms with E-state index in [1.807, 2.05) is 32.0 Å². The number of alkyl halides is 1. The lowest BCUT2D eigenvalue weighted by Crippen LogP contribution is -2.29. The van der Waals surface area contributed by atoms with Crippen molar-refractivity contribution < 1.29 is 8.94 Å². The maximum atomic E-state index is 12.5. The van der Waals surface area contributed by atoms with Crippen LogP contribution in [0.3, 0.4) is 0 Å². The van der Waals surface area contributed by atoms with Crippen LogP contribution in [-0.4, -0.2) is 26.5 Å². The molecule has 0 amide bonds. The molecule has 1 aromatic carbocycles. The third kappa shape index (κ3) is 5.02. The van der Waals surface area contributed by atoms with Gasteiger partial charge in [0.05, 0.1) is 23.7 Å². The molecule has 3 N–H and O–H groups in total. The zero-order chi connectivity index (χ0) is 20.8. The molecule has 2 aliphatic heterocycles. The number of fused-ring (bicyclic) bond motifs is 1. The summed E-state index contributed by atoms with van der Waals surface area (Å²) in [7, 11) is 0. The van der Waals surface area contributed by atoms with Crippen LogP contribution in [-0.2, 0) is 11.2 Å². The Hall–Kier alpha value is -0.990. The first-order valence-corrected chi connectivity index (χ1v) is 13.2. The maximum Gasteiger partial charge on any atom is 0.220 e. The van der Waals surface area contributed by atoms with E-state index in [1.165, 1.54) is 0 Å². The molecule has 4 unspecified atom stereocenters. The average molecular weight is 452 g/mol. The largest absolute Gasteiger partial charge is 0.319 e. The molecular formula is C22H28FN2OS3+. The zero-order valence-electron chi connectivity index (χ0n) is 16.8. The number of rotatable bonds is 6. The van der Waals surface area contributed by atoms with Crippen LogP contribution < -0.4 is 5.73 Å². The van der Waals surface area contributed by atoms with Crippen LogP contribution in [0, 0.1) is 0 Å². The summed E-state index contributed by atoms with van der Waals surface area (Å²) in [6.07, 6.45) is 3.52. The van der Waals surface area contributed by atoms with E-state index in [0.29, 0.717) is 17.4 Å². The van der Waals surface area contributed by atoms with E-state index >= 15 is 0 Å². The molecule has 7 heteroatoms. The van der Waals surface area contributed by atoms with E-state index in [4.69, 9.17) is 10.7 Å². The lowest BCUT2D eigenvalue weighted by Gasteiger charge is -2.16. The van der Waals surface area contributed by atoms with Gasteiger partial charge in [0.2, 0.25) is 4.58 Å². The van der Waals surface area contributed by atoms with Crippen molar-refractivity contribution >= 4 is 34.7 Å². The van der Waals surface area contributed by atoms with Crippen molar-refractivity contribution in [1.82, 2.24) is 4.98 Å². The molecule has 0 saturated carbocycles. The molecule has 0 fully saturated rings. The van der Waals surface area contributed by atoms with Crippen LogP contribution in [0.25, 0.3) is 11.1 Å². The van der Waals surface area contributed by atoms with Crippen molar-refractivity contribution in [2.24, 2.45) is 5.73 Å². The fourth-order valence-corrected chi connectivity index (χ4v) is 7.47. The molecule has 0 aliphatic carbocycles. The minimum atomic E-state index is -0.934. The minimum absolute atomic E-state index is 0.161. The summed E-state index contributed by atoms with van der Waals surface area (Å²) in [4.78, 5) is 4.93. The number of hydrogen-bond donors (Lipinski definition) is 2. The molecular weight excluding hydrogens is 423 g/mol. The number of aromatic nitrogens is 1. The van der Waals surface area contributed by atoms with Gasteiger partial charge in [0.25, 0.3) is 0 Å². The molecule has 4 rings (SSSR count). The van der Waals surface area contributed by atoms with Crippen molar-refractivity contribution in [3.05, 3.63) is 59.1 Å². The Labute approximate surface area is 184 Å². The number of thioether (sulfide) groups is 2. The van der Waals surface area contributed by atoms with Crippen molar-refractivity contribution in [2.75, 3.05) is 12.4 Å². The van der Waals surface area contributed by atoms with Crippen LogP contribution in [0.2, 0.25) is 0 Å². The summed E-state index contributed by atoms with van der Waals surface area (Å²) in [5.74, 6) is 0.450. The van der Waals surface area contributed by atoms with Crippen LogP contribution in [0.4, 0.5) is 4.39 Å². The number of halogens is 1. The second-order valence-corrected chi connectivity index (χ2v) is 10.8. The zero-order valence-corrected chi connectivity index (χ0v) is 19.2. The van der Waals surface area contributed by atoms with E-state index < -0.39 is 17.9 Å². The Balaban J connectivity index is 0.00000117. The third-order valence-corrected chi connectivity index (χ3v) is 9.42. The highest BCUT2D eigenvalue weighted by atomic mass is 32.3. The van der Waals surface area contributed by atoms with E-state index in [0.717, 1.165) is 33.8 Å². The molecule has 0 radical (unpaired) electrons. The quantitative estimate of drug-likeness (QED) is 0.501. The number of pyridine rings is 1. The normalized spacial score (nSPS) is 23.4. The molecule has 2 aromatic rings. The number of nitrogens with two attached hydrogens (primary N) is 1. The Morgan fingerprint density at radius 1 is 1.28 bits per heavy atom. The Morgan fingerprint density at radius 3 is 2.69 bits per heavy atom. The summed E-state index contributed by atoms with van der Waals surface area (Å²) in [6.45, 7) is 3.59. The van der Waals surface area contributed by atoms with Gasteiger partial charge >= 0.3 is 0 Å². The van der Waals surface area contributed by atoms with E-state index in [2.05, 4.69) is 29.7 Å². The number of hydrogen-bond acceptors (Lipinski definition) is 5. The highest BCUT2D eigenvalue weighted by Crippen LogP contribution is 2.50. The fraction of sp³-hybridized carbons (Fsp3) is 0.409. The first-order chi connectivity index (χ1) is 14.2. The Kier molecular flexibility index (Phi) is 8.50. The SMILES string of the molecule is CC.NC1c2c(-c3ccccc3)cc(C3CC=CS3)nc2SC1[S+](O)CCCF. The molecule has 29 heavy (non-hydrogen) atoms. The fourth-order valence-electron chi connectivity index (χ4n) is 3.42. The summed E-state index contributed by atoms with van der Waals surface area (Å²) in [5, 5.41) is 3.38. The van der Waals surface area contributed by atoms with Gasteiger partial charge in [0, 0.05) is 12.0 Å². The first-order valence-electron chi connectivity index (χ1n) is 9.96. The summed E-state index contributed by atoms with van der Waals surface area (Å²) in [5.41, 5.74) is 10.9. The smallest absolute Gasteiger partial charge is 0.220 e. The molecule has 0 spiro atoms. The van der Waals surface area contributed by atoms with Crippen LogP contribution >= 0.6 is 23.5 Å². The van der Waals surface area contributed by atoms with Gasteiger partial charge in [-0.3, -0.25) is 4.39 Å². The van der Waals surface area contributed by atoms with Gasteiger partial charge in [-0.2, -0.15) is 4.55 Å². The molecule has 4 atom stereocenters. The van der Waals surface area contributed by atoms with Crippen molar-refractivity contribution in [3.8, 4) is 11.1 Å². The molecule has 156 valence electrons. The standard InChI is InChI=1S/C20H22FN2OS3.C2H6/c21-9-5-11-27(24)20-18(22)17-14(13-6-2-1-3-7-13)12-15(23-19(17)26-20)16-8-4-10-25-16;1-2/h1-4,6-7,10,12,16,18,20,24H,5,8-9,11,22H2;1-2H3/q+1;. The Bertz CT molecular complexity index is 826. The highest BCUT2D eigenvalue weighted by Gasteiger charge is 2.46. The predicted molar refractivity (Wildman–Crippen MR) is 127 cm³/mol. The molecule has 2 aliphatic rings. The van der Waals surface area contributed by atoms with Crippen LogP contribution in [0.15, 0.2) is 52.9 Å². The molecule has 0 saturated heterocycles. The van der Waals surface area contributed by atoms with Crippen molar-refractivity contribution in [1.29, 1.82) is 0 Å². The maximum absolute atomic E-state index is 12.5. The van der Waals surface area contributed by atoms with Crippen molar-refractivity contribution in [2.45, 2.75) is 47.6 Å². The number of benzene rings is 1. The first kappa shape index (κ1) is 22.7. The third-order valence-electron chi connectivity index (χ3n) is 4.76. The molecule has 3 nitrogen and oxygen atoms in total. The van der Waals surface area contributed by atoms with E-state index in [1.54, 1.807) is 23.5 Å². The second kappa shape index (κ2) is 10.9. The van der Waals surface area contributed by atoms with Gasteiger partial charge in [0.15, 0.2) is 11.2 Å². The monoisotopic (exact) mass is 451 g/mol. The summed E-state index contributed by atoms with van der Waals surface area (Å²) < 4.78 is 23.0. The lowest BCUT2D eigenvalue weighted by atomic mass is 9.96. The van der Waals surface area contributed by atoms with E-state index in [9.17, 15) is 8.94 Å². The predicted octanol–water partition coefficient (Wildman–Crippen LogP) is 6.35. The lowest BCUT2D eigenvalue weighted by molar-refractivity contribution is 0.485. The van der Waals surface area contributed by atoms with Crippen molar-refractivity contribution in [3.63, 3.8) is 0 Å². The van der Waals surface area contributed by atoms with Gasteiger partial charge in [-0.15, -0.1) is 11.8 Å². The van der Waals surface area contributed by atoms with Gasteiger partial charge in [-0.1, -0.05) is 50.3 Å². The average Bonchev–Trinajstić information content (AvgIpc) is 3.42. The summed E-state index contributed by atoms with van der Waals surface area (Å²) in [6, 6.07) is 12.1. The highest BCUT2D eigenvalue weighted by molar-refractivity contribution is 8.13. The van der Waals surface area contributed by atoms with E-state index in [-0.39, 0.29) is 10.6 Å². The molecule has 3 heterocycles. The molecule has 1 aromatic heterocycles. The Morgan fingerprint density at radius 2 is 2.03 bits per heavy atom. The van der Waals surface area contributed by atoms with Crippen LogP contribution in [0.5, 0.6) is 0 Å². The summed E-state index contributed by atoms with van der Waals surface area (Å²) >= 11 is 2.42. The van der Waals surface area contributed by atoms with Gasteiger partial charge in [0.1, 0.15) is 10.8 Å². The molecule has 0 bridgehead atoms.